The van der Waals surface area contributed by atoms with E-state index in [1.54, 1.807) is 10.9 Å². The first kappa shape index (κ1) is 19.2. The maximum atomic E-state index is 12.1. The summed E-state index contributed by atoms with van der Waals surface area (Å²) in [6.45, 7) is 14.3. The van der Waals surface area contributed by atoms with Crippen LogP contribution < -0.4 is 5.46 Å². The molecule has 1 atom stereocenters. The summed E-state index contributed by atoms with van der Waals surface area (Å²) < 4.78 is 19.2. The van der Waals surface area contributed by atoms with Gasteiger partial charge in [0.05, 0.1) is 30.4 Å². The molecule has 2 saturated heterocycles. The van der Waals surface area contributed by atoms with Gasteiger partial charge in [-0.05, 0) is 48.5 Å². The fraction of sp³-hybridized carbons (Fsp3) is 0.765. The molecule has 0 saturated carbocycles. The largest absolute Gasteiger partial charge is 0.498 e. The maximum absolute atomic E-state index is 12.1. The van der Waals surface area contributed by atoms with E-state index >= 15 is 0 Å². The number of ether oxygens (including phenoxy) is 1. The van der Waals surface area contributed by atoms with Crippen LogP contribution >= 0.6 is 0 Å². The lowest BCUT2D eigenvalue weighted by molar-refractivity contribution is -0.107. The van der Waals surface area contributed by atoms with Crippen molar-refractivity contribution >= 4 is 18.7 Å². The summed E-state index contributed by atoms with van der Waals surface area (Å²) in [5.74, 6) is 0. The Morgan fingerprint density at radius 2 is 1.88 bits per heavy atom. The quantitative estimate of drug-likeness (QED) is 0.746. The third kappa shape index (κ3) is 3.75. The molecule has 0 N–H and O–H groups in total. The molecule has 0 aliphatic carbocycles. The van der Waals surface area contributed by atoms with E-state index < -0.39 is 30.0 Å². The molecule has 2 fully saturated rings. The molecule has 0 spiro atoms. The van der Waals surface area contributed by atoms with Crippen molar-refractivity contribution < 1.29 is 23.7 Å². The second kappa shape index (κ2) is 6.25. The molecule has 2 aliphatic heterocycles. The highest BCUT2D eigenvalue weighted by Gasteiger charge is 2.52. The van der Waals surface area contributed by atoms with Gasteiger partial charge in [0.15, 0.2) is 0 Å². The van der Waals surface area contributed by atoms with Gasteiger partial charge in [0.25, 0.3) is 0 Å². The molecule has 1 aromatic rings. The standard InChI is InChI=1S/C17H28BN3O5/c1-15(2,3)24-14(22)21-10-13(11-23-21)20-9-12(8-19-20)18-25-16(4,5)17(6,7)26-18/h8-9,13H,10-11H2,1-7H3. The van der Waals surface area contributed by atoms with E-state index in [2.05, 4.69) is 5.10 Å². The van der Waals surface area contributed by atoms with Crippen molar-refractivity contribution in [3.05, 3.63) is 12.4 Å². The first-order valence-corrected chi connectivity index (χ1v) is 8.91. The second-order valence-electron chi connectivity index (χ2n) is 8.83. The molecular weight excluding hydrogens is 337 g/mol. The van der Waals surface area contributed by atoms with E-state index in [1.165, 1.54) is 5.06 Å². The lowest BCUT2D eigenvalue weighted by Crippen LogP contribution is -2.41. The van der Waals surface area contributed by atoms with Crippen LogP contribution in [-0.4, -0.2) is 58.0 Å². The molecule has 2 aliphatic rings. The SMILES string of the molecule is CC(C)(C)OC(=O)N1CC(n2cc(B3OC(C)(C)C(C)(C)O3)cn2)CO1. The molecule has 1 amide bonds. The van der Waals surface area contributed by atoms with Crippen molar-refractivity contribution in [2.45, 2.75) is 71.3 Å². The van der Waals surface area contributed by atoms with Crippen LogP contribution in [0.4, 0.5) is 4.79 Å². The normalized spacial score (nSPS) is 25.0. The fourth-order valence-corrected chi connectivity index (χ4v) is 2.73. The number of hydroxylamine groups is 2. The zero-order valence-electron chi connectivity index (χ0n) is 16.6. The Bertz CT molecular complexity index is 666. The van der Waals surface area contributed by atoms with Crippen molar-refractivity contribution in [3.63, 3.8) is 0 Å². The van der Waals surface area contributed by atoms with Crippen LogP contribution in [0.2, 0.25) is 0 Å². The number of carbonyl (C=O) groups is 1. The van der Waals surface area contributed by atoms with E-state index in [1.807, 2.05) is 54.7 Å². The third-order valence-corrected chi connectivity index (χ3v) is 4.92. The van der Waals surface area contributed by atoms with Gasteiger partial charge in [-0.1, -0.05) is 0 Å². The minimum Gasteiger partial charge on any atom is -0.442 e. The average molecular weight is 365 g/mol. The van der Waals surface area contributed by atoms with Crippen LogP contribution in [0, 0.1) is 0 Å². The van der Waals surface area contributed by atoms with Crippen LogP contribution in [0.1, 0.15) is 54.5 Å². The Labute approximate surface area is 154 Å². The van der Waals surface area contributed by atoms with Crippen LogP contribution in [0.3, 0.4) is 0 Å². The number of carbonyl (C=O) groups excluding carboxylic acids is 1. The van der Waals surface area contributed by atoms with Crippen LogP contribution in [-0.2, 0) is 18.9 Å². The lowest BCUT2D eigenvalue weighted by atomic mass is 9.82. The topological polar surface area (TPSA) is 75.1 Å². The average Bonchev–Trinajstić information content (AvgIpc) is 3.16. The van der Waals surface area contributed by atoms with Crippen molar-refractivity contribution in [3.8, 4) is 0 Å². The lowest BCUT2D eigenvalue weighted by Gasteiger charge is -2.32. The van der Waals surface area contributed by atoms with Gasteiger partial charge in [-0.15, -0.1) is 0 Å². The van der Waals surface area contributed by atoms with Gasteiger partial charge in [0.2, 0.25) is 0 Å². The molecule has 144 valence electrons. The maximum Gasteiger partial charge on any atom is 0.498 e. The molecule has 8 nitrogen and oxygen atoms in total. The second-order valence-corrected chi connectivity index (χ2v) is 8.83. The van der Waals surface area contributed by atoms with Crippen LogP contribution in [0.15, 0.2) is 12.4 Å². The van der Waals surface area contributed by atoms with Gasteiger partial charge >= 0.3 is 13.2 Å². The Balaban J connectivity index is 1.64. The first-order valence-electron chi connectivity index (χ1n) is 8.91. The number of rotatable bonds is 2. The minimum absolute atomic E-state index is 0.0845. The number of hydrogen-bond donors (Lipinski definition) is 0. The highest BCUT2D eigenvalue weighted by molar-refractivity contribution is 6.62. The minimum atomic E-state index is -0.561. The third-order valence-electron chi connectivity index (χ3n) is 4.92. The van der Waals surface area contributed by atoms with Crippen molar-refractivity contribution in [1.82, 2.24) is 14.8 Å². The van der Waals surface area contributed by atoms with Crippen molar-refractivity contribution in [2.24, 2.45) is 0 Å². The van der Waals surface area contributed by atoms with E-state index in [0.29, 0.717) is 13.2 Å². The van der Waals surface area contributed by atoms with Crippen molar-refractivity contribution in [1.29, 1.82) is 0 Å². The summed E-state index contributed by atoms with van der Waals surface area (Å²) >= 11 is 0. The molecule has 3 heterocycles. The Morgan fingerprint density at radius 1 is 1.27 bits per heavy atom. The van der Waals surface area contributed by atoms with E-state index in [-0.39, 0.29) is 6.04 Å². The summed E-state index contributed by atoms with van der Waals surface area (Å²) in [4.78, 5) is 17.6. The number of nitrogens with zero attached hydrogens (tertiary/aromatic N) is 3. The smallest absolute Gasteiger partial charge is 0.442 e. The van der Waals surface area contributed by atoms with Crippen molar-refractivity contribution in [2.75, 3.05) is 13.2 Å². The number of aromatic nitrogens is 2. The predicted molar refractivity (Wildman–Crippen MR) is 95.9 cm³/mol. The molecule has 1 aromatic heterocycles. The van der Waals surface area contributed by atoms with Gasteiger partial charge < -0.3 is 14.0 Å². The van der Waals surface area contributed by atoms with E-state index in [0.717, 1.165) is 5.46 Å². The molecule has 0 bridgehead atoms. The zero-order chi connectivity index (χ0) is 19.3. The monoisotopic (exact) mass is 365 g/mol. The van der Waals surface area contributed by atoms with Gasteiger partial charge in [0.1, 0.15) is 5.60 Å². The van der Waals surface area contributed by atoms with Gasteiger partial charge in [-0.25, -0.2) is 4.79 Å². The Kier molecular flexibility index (Phi) is 4.61. The highest BCUT2D eigenvalue weighted by atomic mass is 16.7. The van der Waals surface area contributed by atoms with Gasteiger partial charge in [-0.2, -0.15) is 10.2 Å². The van der Waals surface area contributed by atoms with Crippen LogP contribution in [0.5, 0.6) is 0 Å². The summed E-state index contributed by atoms with van der Waals surface area (Å²) in [7, 11) is -0.460. The van der Waals surface area contributed by atoms with Gasteiger partial charge in [-0.3, -0.25) is 9.52 Å². The molecule has 3 rings (SSSR count). The Hall–Kier alpha value is -1.58. The summed E-state index contributed by atoms with van der Waals surface area (Å²) in [5, 5.41) is 5.65. The number of hydrogen-bond acceptors (Lipinski definition) is 6. The summed E-state index contributed by atoms with van der Waals surface area (Å²) in [6, 6.07) is -0.0845. The first-order chi connectivity index (χ1) is 11.9. The molecule has 0 radical (unpaired) electrons. The van der Waals surface area contributed by atoms with Gasteiger partial charge in [0, 0.05) is 17.9 Å². The molecular formula is C17H28BN3O5. The van der Waals surface area contributed by atoms with E-state index in [4.69, 9.17) is 18.9 Å². The summed E-state index contributed by atoms with van der Waals surface area (Å²) in [5.41, 5.74) is -0.513. The predicted octanol–water partition coefficient (Wildman–Crippen LogP) is 1.91. The summed E-state index contributed by atoms with van der Waals surface area (Å²) in [6.07, 6.45) is 3.13. The molecule has 9 heteroatoms. The zero-order valence-corrected chi connectivity index (χ0v) is 16.6. The highest BCUT2D eigenvalue weighted by Crippen LogP contribution is 2.36. The Morgan fingerprint density at radius 3 is 2.46 bits per heavy atom. The molecule has 0 aromatic carbocycles. The fourth-order valence-electron chi connectivity index (χ4n) is 2.73. The molecule has 1 unspecified atom stereocenters. The van der Waals surface area contributed by atoms with Crippen LogP contribution in [0.25, 0.3) is 0 Å². The number of amides is 1. The van der Waals surface area contributed by atoms with E-state index in [9.17, 15) is 4.79 Å². The molecule has 26 heavy (non-hydrogen) atoms.